The summed E-state index contributed by atoms with van der Waals surface area (Å²) in [5, 5.41) is 6.04. The van der Waals surface area contributed by atoms with Gasteiger partial charge in [0.2, 0.25) is 0 Å². The Morgan fingerprint density at radius 3 is 2.75 bits per heavy atom. The number of aromatic nitrogens is 2. The van der Waals surface area contributed by atoms with Crippen LogP contribution in [0, 0.1) is 5.82 Å². The van der Waals surface area contributed by atoms with Gasteiger partial charge in [-0.3, -0.25) is 9.82 Å². The van der Waals surface area contributed by atoms with Crippen molar-refractivity contribution in [3.63, 3.8) is 0 Å². The largest absolute Gasteiger partial charge is 0.264 e. The van der Waals surface area contributed by atoms with E-state index in [1.807, 2.05) is 0 Å². The van der Waals surface area contributed by atoms with Gasteiger partial charge in [0.05, 0.1) is 11.1 Å². The minimum Gasteiger partial charge on any atom is -0.264 e. The zero-order valence-electron chi connectivity index (χ0n) is 8.01. The molecule has 0 spiro atoms. The Kier molecular flexibility index (Phi) is 2.61. The van der Waals surface area contributed by atoms with Gasteiger partial charge >= 0.3 is 0 Å². The molecule has 84 valence electrons. The molecule has 16 heavy (non-hydrogen) atoms. The predicted octanol–water partition coefficient (Wildman–Crippen LogP) is 1.35. The minimum absolute atomic E-state index is 0.137. The van der Waals surface area contributed by atoms with E-state index in [0.29, 0.717) is 0 Å². The lowest BCUT2D eigenvalue weighted by molar-refractivity contribution is 0.595. The number of rotatable bonds is 3. The van der Waals surface area contributed by atoms with Gasteiger partial charge in [0.1, 0.15) is 11.6 Å². The molecule has 1 aromatic carbocycles. The Labute approximate surface area is 91.4 Å². The first-order valence-corrected chi connectivity index (χ1v) is 5.84. The highest BCUT2D eigenvalue weighted by atomic mass is 32.2. The summed E-state index contributed by atoms with van der Waals surface area (Å²) in [5.41, 5.74) is 0. The van der Waals surface area contributed by atoms with Crippen molar-refractivity contribution in [3.8, 4) is 0 Å². The van der Waals surface area contributed by atoms with Crippen LogP contribution in [-0.2, 0) is 10.0 Å². The second-order valence-corrected chi connectivity index (χ2v) is 4.72. The van der Waals surface area contributed by atoms with E-state index in [-0.39, 0.29) is 10.7 Å². The summed E-state index contributed by atoms with van der Waals surface area (Å²) in [5.74, 6) is -0.378. The molecule has 0 radical (unpaired) electrons. The first kappa shape index (κ1) is 10.6. The van der Waals surface area contributed by atoms with Crippen molar-refractivity contribution < 1.29 is 12.8 Å². The molecule has 0 saturated heterocycles. The van der Waals surface area contributed by atoms with Crippen molar-refractivity contribution in [2.75, 3.05) is 4.72 Å². The van der Waals surface area contributed by atoms with E-state index in [9.17, 15) is 12.8 Å². The second kappa shape index (κ2) is 3.93. The molecule has 0 atom stereocenters. The Balaban J connectivity index is 2.33. The lowest BCUT2D eigenvalue weighted by atomic mass is 10.4. The summed E-state index contributed by atoms with van der Waals surface area (Å²) in [6, 6.07) is 6.21. The van der Waals surface area contributed by atoms with Gasteiger partial charge in [-0.2, -0.15) is 5.10 Å². The molecule has 7 heteroatoms. The van der Waals surface area contributed by atoms with Crippen LogP contribution in [0.1, 0.15) is 0 Å². The Hall–Kier alpha value is -1.89. The Morgan fingerprint density at radius 2 is 2.12 bits per heavy atom. The van der Waals surface area contributed by atoms with Crippen LogP contribution in [0.5, 0.6) is 0 Å². The smallest absolute Gasteiger partial charge is 0.263 e. The highest BCUT2D eigenvalue weighted by molar-refractivity contribution is 7.92. The number of nitrogens with one attached hydrogen (secondary N) is 2. The van der Waals surface area contributed by atoms with Crippen LogP contribution in [-0.4, -0.2) is 18.6 Å². The molecule has 2 rings (SSSR count). The molecule has 2 N–H and O–H groups in total. The van der Waals surface area contributed by atoms with Crippen LogP contribution >= 0.6 is 0 Å². The second-order valence-electron chi connectivity index (χ2n) is 3.03. The third-order valence-corrected chi connectivity index (χ3v) is 3.21. The third-order valence-electron chi connectivity index (χ3n) is 1.85. The quantitative estimate of drug-likeness (QED) is 0.851. The van der Waals surface area contributed by atoms with Gasteiger partial charge in [-0.25, -0.2) is 12.8 Å². The summed E-state index contributed by atoms with van der Waals surface area (Å²) < 4.78 is 38.5. The standard InChI is InChI=1S/C9H8FN3O2S/c10-7-2-1-3-8(6-7)16(14,15)13-9-4-5-11-12-9/h1-6H,(H2,11,12,13). The summed E-state index contributed by atoms with van der Waals surface area (Å²) >= 11 is 0. The zero-order valence-corrected chi connectivity index (χ0v) is 8.83. The first-order valence-electron chi connectivity index (χ1n) is 4.36. The maximum Gasteiger partial charge on any atom is 0.263 e. The van der Waals surface area contributed by atoms with E-state index in [1.54, 1.807) is 0 Å². The van der Waals surface area contributed by atoms with Crippen LogP contribution in [0.2, 0.25) is 0 Å². The van der Waals surface area contributed by atoms with Gasteiger partial charge in [0.25, 0.3) is 10.0 Å². The van der Waals surface area contributed by atoms with E-state index < -0.39 is 15.8 Å². The maximum atomic E-state index is 12.9. The molecule has 0 unspecified atom stereocenters. The third kappa shape index (κ3) is 2.19. The molecule has 0 bridgehead atoms. The van der Waals surface area contributed by atoms with Crippen LogP contribution < -0.4 is 4.72 Å². The molecular formula is C9H8FN3O2S. The van der Waals surface area contributed by atoms with Gasteiger partial charge in [0, 0.05) is 6.07 Å². The predicted molar refractivity (Wildman–Crippen MR) is 55.8 cm³/mol. The fourth-order valence-electron chi connectivity index (χ4n) is 1.15. The molecule has 0 aliphatic heterocycles. The number of benzene rings is 1. The van der Waals surface area contributed by atoms with E-state index in [2.05, 4.69) is 14.9 Å². The number of H-pyrrole nitrogens is 1. The average molecular weight is 241 g/mol. The summed E-state index contributed by atoms with van der Waals surface area (Å²) in [4.78, 5) is -0.137. The van der Waals surface area contributed by atoms with Gasteiger partial charge < -0.3 is 0 Å². The number of hydrogen-bond donors (Lipinski definition) is 2. The zero-order chi connectivity index (χ0) is 11.6. The van der Waals surface area contributed by atoms with E-state index >= 15 is 0 Å². The van der Waals surface area contributed by atoms with Crippen LogP contribution in [0.3, 0.4) is 0 Å². The average Bonchev–Trinajstić information content (AvgIpc) is 2.70. The summed E-state index contributed by atoms with van der Waals surface area (Å²) in [7, 11) is -3.77. The van der Waals surface area contributed by atoms with Gasteiger partial charge in [-0.15, -0.1) is 0 Å². The van der Waals surface area contributed by atoms with Crippen molar-refractivity contribution in [3.05, 3.63) is 42.3 Å². The summed E-state index contributed by atoms with van der Waals surface area (Å²) in [6.45, 7) is 0. The number of nitrogens with zero attached hydrogens (tertiary/aromatic N) is 1. The van der Waals surface area contributed by atoms with E-state index in [0.717, 1.165) is 6.07 Å². The molecule has 1 aromatic heterocycles. The first-order chi connectivity index (χ1) is 7.58. The van der Waals surface area contributed by atoms with E-state index in [1.165, 1.54) is 30.5 Å². The lowest BCUT2D eigenvalue weighted by Gasteiger charge is -2.05. The molecule has 0 amide bonds. The topological polar surface area (TPSA) is 74.8 Å². The maximum absolute atomic E-state index is 12.9. The molecular weight excluding hydrogens is 233 g/mol. The van der Waals surface area contributed by atoms with Gasteiger partial charge in [-0.05, 0) is 18.2 Å². The number of sulfonamides is 1. The molecule has 2 aromatic rings. The molecule has 5 nitrogen and oxygen atoms in total. The molecule has 0 fully saturated rings. The number of halogens is 1. The lowest BCUT2D eigenvalue weighted by Crippen LogP contribution is -2.13. The fraction of sp³-hybridized carbons (Fsp3) is 0. The van der Waals surface area contributed by atoms with Crippen LogP contribution in [0.4, 0.5) is 10.2 Å². The highest BCUT2D eigenvalue weighted by Crippen LogP contribution is 2.14. The minimum atomic E-state index is -3.77. The van der Waals surface area contributed by atoms with E-state index in [4.69, 9.17) is 0 Å². The molecule has 0 aliphatic rings. The number of aromatic amines is 1. The monoisotopic (exact) mass is 241 g/mol. The summed E-state index contributed by atoms with van der Waals surface area (Å²) in [6.07, 6.45) is 1.41. The van der Waals surface area contributed by atoms with Crippen molar-refractivity contribution in [2.45, 2.75) is 4.90 Å². The van der Waals surface area contributed by atoms with Crippen LogP contribution in [0.15, 0.2) is 41.4 Å². The highest BCUT2D eigenvalue weighted by Gasteiger charge is 2.14. The number of hydrogen-bond acceptors (Lipinski definition) is 3. The van der Waals surface area contributed by atoms with Gasteiger partial charge in [0.15, 0.2) is 0 Å². The Bertz CT molecular complexity index is 581. The molecule has 0 saturated carbocycles. The Morgan fingerprint density at radius 1 is 1.31 bits per heavy atom. The normalized spacial score (nSPS) is 11.3. The van der Waals surface area contributed by atoms with Crippen molar-refractivity contribution in [1.82, 2.24) is 10.2 Å². The van der Waals surface area contributed by atoms with Crippen LogP contribution in [0.25, 0.3) is 0 Å². The van der Waals surface area contributed by atoms with Crippen molar-refractivity contribution in [2.24, 2.45) is 0 Å². The molecule has 1 heterocycles. The SMILES string of the molecule is O=S(=O)(Nc1ccn[nH]1)c1cccc(F)c1. The van der Waals surface area contributed by atoms with Gasteiger partial charge in [-0.1, -0.05) is 6.07 Å². The number of anilines is 1. The fourth-order valence-corrected chi connectivity index (χ4v) is 2.20. The van der Waals surface area contributed by atoms with Crippen molar-refractivity contribution in [1.29, 1.82) is 0 Å². The van der Waals surface area contributed by atoms with Crippen molar-refractivity contribution >= 4 is 15.8 Å². The molecule has 0 aliphatic carbocycles.